The first-order valence-corrected chi connectivity index (χ1v) is 8.44. The summed E-state index contributed by atoms with van der Waals surface area (Å²) < 4.78 is 18.2. The quantitative estimate of drug-likeness (QED) is 0.295. The van der Waals surface area contributed by atoms with E-state index in [2.05, 4.69) is 22.4 Å². The topological polar surface area (TPSA) is 100 Å². The molecule has 7 nitrogen and oxygen atoms in total. The summed E-state index contributed by atoms with van der Waals surface area (Å²) in [5, 5.41) is 16.2. The Morgan fingerprint density at radius 2 is 1.96 bits per heavy atom. The van der Waals surface area contributed by atoms with E-state index in [9.17, 15) is 19.1 Å². The lowest BCUT2D eigenvalue weighted by atomic mass is 10.1. The molecule has 0 aromatic heterocycles. The molecule has 28 heavy (non-hydrogen) atoms. The molecule has 0 spiro atoms. The molecule has 0 radical (unpaired) electrons. The van der Waals surface area contributed by atoms with Crippen LogP contribution >= 0.6 is 0 Å². The highest BCUT2D eigenvalue weighted by Crippen LogP contribution is 2.31. The minimum atomic E-state index is -0.990. The molecule has 2 aromatic rings. The molecule has 0 aliphatic rings. The molecule has 0 aliphatic carbocycles. The summed E-state index contributed by atoms with van der Waals surface area (Å²) in [5.41, 5.74) is 3.52. The monoisotopic (exact) mass is 385 g/mol. The summed E-state index contributed by atoms with van der Waals surface area (Å²) in [6.45, 7) is 5.79. The third-order valence-corrected chi connectivity index (χ3v) is 3.53. The Bertz CT molecular complexity index is 895. The third kappa shape index (κ3) is 5.66. The number of allylic oxidation sites excluding steroid dienone is 1. The molecule has 146 valence electrons. The normalized spacial score (nSPS) is 10.5. The maximum absolute atomic E-state index is 12.8. The van der Waals surface area contributed by atoms with Gasteiger partial charge in [0.05, 0.1) is 12.8 Å². The van der Waals surface area contributed by atoms with Gasteiger partial charge >= 0.3 is 11.8 Å². The van der Waals surface area contributed by atoms with Crippen molar-refractivity contribution < 1.29 is 23.8 Å². The summed E-state index contributed by atoms with van der Waals surface area (Å²) in [7, 11) is 0. The first kappa shape index (κ1) is 20.6. The molecule has 8 heteroatoms. The predicted octanol–water partition coefficient (Wildman–Crippen LogP) is 2.75. The van der Waals surface area contributed by atoms with E-state index in [0.29, 0.717) is 24.2 Å². The fraction of sp³-hybridized carbons (Fsp3) is 0.150. The molecule has 0 atom stereocenters. The number of hydrazone groups is 1. The van der Waals surface area contributed by atoms with Crippen LogP contribution < -0.4 is 15.5 Å². The van der Waals surface area contributed by atoms with E-state index in [4.69, 9.17) is 4.74 Å². The number of phenols is 1. The first-order valence-electron chi connectivity index (χ1n) is 8.44. The minimum absolute atomic E-state index is 0.0154. The van der Waals surface area contributed by atoms with Crippen molar-refractivity contribution in [3.8, 4) is 11.5 Å². The Morgan fingerprint density at radius 3 is 2.61 bits per heavy atom. The van der Waals surface area contributed by atoms with Crippen LogP contribution in [0.4, 0.5) is 10.1 Å². The van der Waals surface area contributed by atoms with Gasteiger partial charge in [-0.25, -0.2) is 9.82 Å². The zero-order valence-corrected chi connectivity index (χ0v) is 15.2. The number of hydrogen-bond acceptors (Lipinski definition) is 5. The zero-order chi connectivity index (χ0) is 20.5. The van der Waals surface area contributed by atoms with Crippen molar-refractivity contribution in [2.45, 2.75) is 13.3 Å². The Morgan fingerprint density at radius 1 is 1.25 bits per heavy atom. The molecular weight excluding hydrogens is 365 g/mol. The lowest BCUT2D eigenvalue weighted by Crippen LogP contribution is -2.32. The molecule has 0 heterocycles. The SMILES string of the molecule is C=CCc1cc(/C=N/NC(=O)C(=O)Nc2ccc(F)cc2)cc(OCC)c1O. The van der Waals surface area contributed by atoms with E-state index in [1.807, 2.05) is 0 Å². The van der Waals surface area contributed by atoms with Crippen molar-refractivity contribution in [3.05, 3.63) is 66.0 Å². The van der Waals surface area contributed by atoms with Crippen LogP contribution in [0.3, 0.4) is 0 Å². The predicted molar refractivity (Wildman–Crippen MR) is 104 cm³/mol. The summed E-state index contributed by atoms with van der Waals surface area (Å²) >= 11 is 0. The van der Waals surface area contributed by atoms with Crippen molar-refractivity contribution in [1.29, 1.82) is 0 Å². The van der Waals surface area contributed by atoms with Crippen LogP contribution in [-0.2, 0) is 16.0 Å². The highest BCUT2D eigenvalue weighted by atomic mass is 19.1. The number of halogens is 1. The Labute approximate surface area is 161 Å². The molecule has 0 aliphatic heterocycles. The Balaban J connectivity index is 2.04. The second kappa shape index (κ2) is 9.86. The fourth-order valence-corrected chi connectivity index (χ4v) is 2.28. The van der Waals surface area contributed by atoms with Crippen molar-refractivity contribution in [2.75, 3.05) is 11.9 Å². The van der Waals surface area contributed by atoms with Crippen molar-refractivity contribution in [1.82, 2.24) is 5.43 Å². The molecule has 0 bridgehead atoms. The van der Waals surface area contributed by atoms with Crippen molar-refractivity contribution in [2.24, 2.45) is 5.10 Å². The second-order valence-electron chi connectivity index (χ2n) is 5.61. The average molecular weight is 385 g/mol. The van der Waals surface area contributed by atoms with Gasteiger partial charge in [0.15, 0.2) is 11.5 Å². The molecule has 0 saturated carbocycles. The average Bonchev–Trinajstić information content (AvgIpc) is 2.67. The van der Waals surface area contributed by atoms with Crippen LogP contribution in [0.25, 0.3) is 0 Å². The van der Waals surface area contributed by atoms with E-state index in [1.165, 1.54) is 18.3 Å². The molecule has 0 fully saturated rings. The van der Waals surface area contributed by atoms with Crippen LogP contribution in [0.15, 0.2) is 54.2 Å². The largest absolute Gasteiger partial charge is 0.504 e. The summed E-state index contributed by atoms with van der Waals surface area (Å²) in [6.07, 6.45) is 3.37. The number of ether oxygens (including phenoxy) is 1. The first-order chi connectivity index (χ1) is 13.4. The van der Waals surface area contributed by atoms with E-state index in [0.717, 1.165) is 12.1 Å². The molecule has 3 N–H and O–H groups in total. The van der Waals surface area contributed by atoms with Crippen LogP contribution in [-0.4, -0.2) is 29.7 Å². The van der Waals surface area contributed by atoms with Gasteiger partial charge in [-0.15, -0.1) is 6.58 Å². The van der Waals surface area contributed by atoms with Crippen molar-refractivity contribution >= 4 is 23.7 Å². The minimum Gasteiger partial charge on any atom is -0.504 e. The van der Waals surface area contributed by atoms with Gasteiger partial charge in [-0.1, -0.05) is 6.08 Å². The van der Waals surface area contributed by atoms with Crippen LogP contribution in [0, 0.1) is 5.82 Å². The maximum Gasteiger partial charge on any atom is 0.329 e. The summed E-state index contributed by atoms with van der Waals surface area (Å²) in [5.74, 6) is -2.10. The number of rotatable bonds is 7. The third-order valence-electron chi connectivity index (χ3n) is 3.53. The summed E-state index contributed by atoms with van der Waals surface area (Å²) in [6, 6.07) is 8.20. The van der Waals surface area contributed by atoms with Gasteiger partial charge in [0.25, 0.3) is 0 Å². The number of benzene rings is 2. The Kier molecular flexibility index (Phi) is 7.27. The highest BCUT2D eigenvalue weighted by Gasteiger charge is 2.13. The van der Waals surface area contributed by atoms with Gasteiger partial charge in [-0.05, 0) is 55.3 Å². The number of carbonyl (C=O) groups excluding carboxylic acids is 2. The van der Waals surface area contributed by atoms with Gasteiger partial charge in [-0.3, -0.25) is 9.59 Å². The lowest BCUT2D eigenvalue weighted by Gasteiger charge is -2.10. The number of nitrogens with zero attached hydrogens (tertiary/aromatic N) is 1. The molecule has 2 amide bonds. The van der Waals surface area contributed by atoms with Gasteiger partial charge in [-0.2, -0.15) is 5.10 Å². The van der Waals surface area contributed by atoms with E-state index in [-0.39, 0.29) is 17.2 Å². The molecule has 0 saturated heterocycles. The fourth-order valence-electron chi connectivity index (χ4n) is 2.28. The standard InChI is InChI=1S/C20H20FN3O4/c1-3-5-14-10-13(11-17(18(14)25)28-4-2)12-22-24-20(27)19(26)23-16-8-6-15(21)7-9-16/h3,6-12,25H,1,4-5H2,2H3,(H,23,26)(H,24,27)/b22-12+. The number of anilines is 1. The van der Waals surface area contributed by atoms with E-state index >= 15 is 0 Å². The van der Waals surface area contributed by atoms with Gasteiger partial charge in [0.2, 0.25) is 0 Å². The van der Waals surface area contributed by atoms with Gasteiger partial charge in [0.1, 0.15) is 5.82 Å². The number of nitrogens with one attached hydrogen (secondary N) is 2. The molecule has 2 rings (SSSR count). The van der Waals surface area contributed by atoms with Crippen LogP contribution in [0.2, 0.25) is 0 Å². The highest BCUT2D eigenvalue weighted by molar-refractivity contribution is 6.39. The van der Waals surface area contributed by atoms with Gasteiger partial charge < -0.3 is 15.2 Å². The number of phenolic OH excluding ortho intramolecular Hbond substituents is 1. The van der Waals surface area contributed by atoms with Crippen molar-refractivity contribution in [3.63, 3.8) is 0 Å². The smallest absolute Gasteiger partial charge is 0.329 e. The van der Waals surface area contributed by atoms with E-state index in [1.54, 1.807) is 25.1 Å². The molecule has 2 aromatic carbocycles. The lowest BCUT2D eigenvalue weighted by molar-refractivity contribution is -0.136. The van der Waals surface area contributed by atoms with Crippen LogP contribution in [0.1, 0.15) is 18.1 Å². The number of hydrogen-bond donors (Lipinski definition) is 3. The molecule has 0 unspecified atom stereocenters. The number of carbonyl (C=O) groups is 2. The number of amides is 2. The van der Waals surface area contributed by atoms with Gasteiger partial charge in [0, 0.05) is 11.3 Å². The Hall–Kier alpha value is -3.68. The number of aromatic hydroxyl groups is 1. The molecular formula is C20H20FN3O4. The second-order valence-corrected chi connectivity index (χ2v) is 5.61. The maximum atomic E-state index is 12.8. The van der Waals surface area contributed by atoms with E-state index < -0.39 is 17.6 Å². The van der Waals surface area contributed by atoms with Crippen LogP contribution in [0.5, 0.6) is 11.5 Å². The summed E-state index contributed by atoms with van der Waals surface area (Å²) in [4.78, 5) is 23.6. The zero-order valence-electron chi connectivity index (χ0n) is 15.2.